The van der Waals surface area contributed by atoms with Gasteiger partial charge in [-0.25, -0.2) is 9.78 Å². The number of nitrogens with one attached hydrogen (secondary N) is 1. The molecule has 0 bridgehead atoms. The number of benzene rings is 1. The zero-order valence-electron chi connectivity index (χ0n) is 18.8. The maximum absolute atomic E-state index is 13.0. The van der Waals surface area contributed by atoms with Gasteiger partial charge in [-0.1, -0.05) is 11.3 Å². The Labute approximate surface area is 190 Å². The number of hydrogen-bond donors (Lipinski definition) is 1. The third-order valence-electron chi connectivity index (χ3n) is 5.06. The topological polar surface area (TPSA) is 93.7 Å². The maximum atomic E-state index is 13.0. The highest BCUT2D eigenvalue weighted by Gasteiger charge is 2.28. The second-order valence-electron chi connectivity index (χ2n) is 8.67. The monoisotopic (exact) mass is 454 g/mol. The Balaban J connectivity index is 1.50. The predicted molar refractivity (Wildman–Crippen MR) is 123 cm³/mol. The van der Waals surface area contributed by atoms with E-state index in [1.165, 1.54) is 11.3 Å². The van der Waals surface area contributed by atoms with Crippen molar-refractivity contribution in [2.75, 3.05) is 19.0 Å². The molecular formula is C23H26N4O4S. The molecule has 0 saturated heterocycles. The van der Waals surface area contributed by atoms with Crippen molar-refractivity contribution in [3.8, 4) is 5.75 Å². The average Bonchev–Trinajstić information content (AvgIpc) is 3.12. The van der Waals surface area contributed by atoms with Gasteiger partial charge in [-0.2, -0.15) is 0 Å². The standard InChI is InChI=1S/C23H26N4O4S/c1-13-16(10-14-6-7-15(30-5)11-18(14)24-13)20(28)26-21-25-17-8-9-27(12-19(17)32-21)22(29)31-23(2,3)4/h6-7,10-11H,8-9,12H2,1-5H3,(H,25,26,28). The van der Waals surface area contributed by atoms with Crippen LogP contribution in [0.3, 0.4) is 0 Å². The Kier molecular flexibility index (Phi) is 5.77. The van der Waals surface area contributed by atoms with Crippen LogP contribution >= 0.6 is 11.3 Å². The number of aryl methyl sites for hydroxylation is 1. The van der Waals surface area contributed by atoms with Gasteiger partial charge in [-0.3, -0.25) is 15.1 Å². The van der Waals surface area contributed by atoms with Gasteiger partial charge in [0.1, 0.15) is 11.4 Å². The molecule has 1 N–H and O–H groups in total. The van der Waals surface area contributed by atoms with Crippen molar-refractivity contribution in [2.45, 2.75) is 46.3 Å². The molecule has 0 aliphatic carbocycles. The lowest BCUT2D eigenvalue weighted by Gasteiger charge is -2.29. The molecule has 1 aliphatic heterocycles. The number of carbonyl (C=O) groups excluding carboxylic acids is 2. The van der Waals surface area contributed by atoms with E-state index in [0.29, 0.717) is 35.9 Å². The zero-order valence-corrected chi connectivity index (χ0v) is 19.6. The molecule has 1 aliphatic rings. The van der Waals surface area contributed by atoms with E-state index in [4.69, 9.17) is 9.47 Å². The van der Waals surface area contributed by atoms with Crippen LogP contribution in [0.2, 0.25) is 0 Å². The third-order valence-corrected chi connectivity index (χ3v) is 6.06. The summed E-state index contributed by atoms with van der Waals surface area (Å²) in [6.45, 7) is 8.31. The Hall–Kier alpha value is -3.20. The Morgan fingerprint density at radius 2 is 1.97 bits per heavy atom. The van der Waals surface area contributed by atoms with E-state index < -0.39 is 5.60 Å². The number of amides is 2. The lowest BCUT2D eigenvalue weighted by molar-refractivity contribution is 0.0225. The van der Waals surface area contributed by atoms with Crippen LogP contribution in [0.25, 0.3) is 10.9 Å². The third kappa shape index (κ3) is 4.67. The number of ether oxygens (including phenoxy) is 2. The molecule has 0 spiro atoms. The minimum Gasteiger partial charge on any atom is -0.497 e. The van der Waals surface area contributed by atoms with Gasteiger partial charge in [0, 0.05) is 29.3 Å². The van der Waals surface area contributed by atoms with Crippen molar-refractivity contribution in [1.29, 1.82) is 0 Å². The first-order valence-electron chi connectivity index (χ1n) is 10.4. The predicted octanol–water partition coefficient (Wildman–Crippen LogP) is 4.55. The molecule has 2 aromatic heterocycles. The molecule has 8 nitrogen and oxygen atoms in total. The molecule has 0 atom stereocenters. The fourth-order valence-electron chi connectivity index (χ4n) is 3.50. The molecule has 1 aromatic carbocycles. The van der Waals surface area contributed by atoms with Crippen molar-refractivity contribution in [2.24, 2.45) is 0 Å². The summed E-state index contributed by atoms with van der Waals surface area (Å²) in [5, 5.41) is 4.26. The smallest absolute Gasteiger partial charge is 0.410 e. The fourth-order valence-corrected chi connectivity index (χ4v) is 4.51. The highest BCUT2D eigenvalue weighted by atomic mass is 32.1. The molecule has 0 saturated carbocycles. The minimum atomic E-state index is -0.541. The van der Waals surface area contributed by atoms with E-state index in [0.717, 1.165) is 27.2 Å². The van der Waals surface area contributed by atoms with Crippen LogP contribution in [0.1, 0.15) is 47.4 Å². The second kappa shape index (κ2) is 8.38. The number of fused-ring (bicyclic) bond motifs is 2. The van der Waals surface area contributed by atoms with Gasteiger partial charge < -0.3 is 14.4 Å². The summed E-state index contributed by atoms with van der Waals surface area (Å²) in [5.41, 5.74) is 2.25. The van der Waals surface area contributed by atoms with Crippen LogP contribution in [0.5, 0.6) is 5.75 Å². The largest absolute Gasteiger partial charge is 0.497 e. The van der Waals surface area contributed by atoms with Crippen LogP contribution in [0, 0.1) is 6.92 Å². The number of methoxy groups -OCH3 is 1. The summed E-state index contributed by atoms with van der Waals surface area (Å²) in [6.07, 6.45) is 0.288. The SMILES string of the molecule is COc1ccc2cc(C(=O)Nc3nc4c(s3)CN(C(=O)OC(C)(C)C)CC4)c(C)nc2c1. The highest BCUT2D eigenvalue weighted by Crippen LogP contribution is 2.30. The lowest BCUT2D eigenvalue weighted by Crippen LogP contribution is -2.39. The van der Waals surface area contributed by atoms with Crippen molar-refractivity contribution < 1.29 is 19.1 Å². The van der Waals surface area contributed by atoms with E-state index in [-0.39, 0.29) is 12.0 Å². The van der Waals surface area contributed by atoms with Crippen molar-refractivity contribution in [1.82, 2.24) is 14.9 Å². The fraction of sp³-hybridized carbons (Fsp3) is 0.391. The zero-order chi connectivity index (χ0) is 23.0. The molecule has 3 aromatic rings. The summed E-state index contributed by atoms with van der Waals surface area (Å²) < 4.78 is 10.7. The van der Waals surface area contributed by atoms with Gasteiger partial charge in [0.15, 0.2) is 5.13 Å². The summed E-state index contributed by atoms with van der Waals surface area (Å²) in [5.74, 6) is 0.457. The number of hydrogen-bond acceptors (Lipinski definition) is 7. The summed E-state index contributed by atoms with van der Waals surface area (Å²) >= 11 is 1.38. The summed E-state index contributed by atoms with van der Waals surface area (Å²) in [4.78, 5) is 37.1. The minimum absolute atomic E-state index is 0.261. The van der Waals surface area contributed by atoms with Crippen LogP contribution in [-0.4, -0.2) is 46.1 Å². The number of aromatic nitrogens is 2. The van der Waals surface area contributed by atoms with Gasteiger partial charge in [0.05, 0.1) is 36.1 Å². The van der Waals surface area contributed by atoms with Crippen LogP contribution in [0.4, 0.5) is 9.93 Å². The van der Waals surface area contributed by atoms with E-state index >= 15 is 0 Å². The molecule has 0 fully saturated rings. The van der Waals surface area contributed by atoms with Gasteiger partial charge in [0.25, 0.3) is 5.91 Å². The van der Waals surface area contributed by atoms with Crippen molar-refractivity contribution >= 4 is 39.4 Å². The van der Waals surface area contributed by atoms with Gasteiger partial charge >= 0.3 is 6.09 Å². The molecule has 168 valence electrons. The molecule has 0 radical (unpaired) electrons. The normalized spacial score (nSPS) is 13.6. The Morgan fingerprint density at radius 1 is 1.19 bits per heavy atom. The molecular weight excluding hydrogens is 428 g/mol. The van der Waals surface area contributed by atoms with Gasteiger partial charge in [-0.15, -0.1) is 0 Å². The number of nitrogens with zero attached hydrogens (tertiary/aromatic N) is 3. The number of thiazole rings is 1. The maximum Gasteiger partial charge on any atom is 0.410 e. The van der Waals surface area contributed by atoms with Crippen molar-refractivity contribution in [3.05, 3.63) is 46.1 Å². The average molecular weight is 455 g/mol. The molecule has 9 heteroatoms. The van der Waals surface area contributed by atoms with Gasteiger partial charge in [0.2, 0.25) is 0 Å². The molecule has 3 heterocycles. The molecule has 0 unspecified atom stereocenters. The van der Waals surface area contributed by atoms with Crippen molar-refractivity contribution in [3.63, 3.8) is 0 Å². The van der Waals surface area contributed by atoms with E-state index in [9.17, 15) is 9.59 Å². The summed E-state index contributed by atoms with van der Waals surface area (Å²) in [7, 11) is 1.61. The number of carbonyl (C=O) groups is 2. The van der Waals surface area contributed by atoms with E-state index in [1.54, 1.807) is 18.9 Å². The first-order valence-corrected chi connectivity index (χ1v) is 11.2. The Bertz CT molecular complexity index is 1200. The van der Waals surface area contributed by atoms with Crippen LogP contribution < -0.4 is 10.1 Å². The number of pyridine rings is 1. The van der Waals surface area contributed by atoms with Crippen LogP contribution in [0.15, 0.2) is 24.3 Å². The lowest BCUT2D eigenvalue weighted by atomic mass is 10.1. The summed E-state index contributed by atoms with van der Waals surface area (Å²) in [6, 6.07) is 7.39. The van der Waals surface area contributed by atoms with E-state index in [1.807, 2.05) is 45.0 Å². The quantitative estimate of drug-likeness (QED) is 0.624. The molecule has 32 heavy (non-hydrogen) atoms. The number of rotatable bonds is 3. The molecule has 2 amide bonds. The number of anilines is 1. The van der Waals surface area contributed by atoms with E-state index in [2.05, 4.69) is 15.3 Å². The van der Waals surface area contributed by atoms with Gasteiger partial charge in [-0.05, 0) is 45.9 Å². The first kappa shape index (κ1) is 22.0. The van der Waals surface area contributed by atoms with Crippen LogP contribution in [-0.2, 0) is 17.7 Å². The first-order chi connectivity index (χ1) is 15.1. The Morgan fingerprint density at radius 3 is 2.69 bits per heavy atom. The highest BCUT2D eigenvalue weighted by molar-refractivity contribution is 7.15. The molecule has 4 rings (SSSR count). The second-order valence-corrected chi connectivity index (χ2v) is 9.76.